The van der Waals surface area contributed by atoms with Crippen LogP contribution in [0.2, 0.25) is 0 Å². The first-order chi connectivity index (χ1) is 7.88. The number of hydrogen-bond donors (Lipinski definition) is 1. The van der Waals surface area contributed by atoms with Crippen LogP contribution in [-0.2, 0) is 4.79 Å². The van der Waals surface area contributed by atoms with Crippen LogP contribution >= 0.6 is 15.9 Å². The molecule has 1 N–H and O–H groups in total. The lowest BCUT2D eigenvalue weighted by Crippen LogP contribution is -2.27. The average molecular weight is 296 g/mol. The number of halogens is 1. The van der Waals surface area contributed by atoms with Gasteiger partial charge in [0.2, 0.25) is 5.91 Å². The minimum atomic E-state index is -0.402. The molecule has 0 saturated carbocycles. The Morgan fingerprint density at radius 3 is 2.76 bits per heavy atom. The van der Waals surface area contributed by atoms with Crippen molar-refractivity contribution in [3.05, 3.63) is 29.1 Å². The molecule has 2 aromatic rings. The smallest absolute Gasteiger partial charge is 0.229 e. The molecule has 17 heavy (non-hydrogen) atoms. The molecule has 90 valence electrons. The molecule has 0 aromatic carbocycles. The SMILES string of the molecule is CC(C)(C)C(=O)Nc1ccc2ncc(Br)n2c1. The van der Waals surface area contributed by atoms with E-state index in [-0.39, 0.29) is 5.91 Å². The number of hydrogen-bond acceptors (Lipinski definition) is 2. The summed E-state index contributed by atoms with van der Waals surface area (Å²) in [5.41, 5.74) is 1.20. The zero-order valence-corrected chi connectivity index (χ0v) is 11.6. The zero-order valence-electron chi connectivity index (χ0n) is 9.99. The molecule has 2 heterocycles. The maximum absolute atomic E-state index is 11.8. The number of rotatable bonds is 1. The van der Waals surface area contributed by atoms with Crippen LogP contribution < -0.4 is 5.32 Å². The van der Waals surface area contributed by atoms with Crippen LogP contribution in [0.25, 0.3) is 5.65 Å². The maximum Gasteiger partial charge on any atom is 0.229 e. The van der Waals surface area contributed by atoms with Gasteiger partial charge >= 0.3 is 0 Å². The van der Waals surface area contributed by atoms with Gasteiger partial charge in [0, 0.05) is 11.6 Å². The van der Waals surface area contributed by atoms with Gasteiger partial charge in [0.25, 0.3) is 0 Å². The minimum absolute atomic E-state index is 0.00640. The molecule has 0 aliphatic rings. The first-order valence-corrected chi connectivity index (χ1v) is 6.11. The Kier molecular flexibility index (Phi) is 2.95. The van der Waals surface area contributed by atoms with Crippen LogP contribution in [0.15, 0.2) is 29.1 Å². The fourth-order valence-electron chi connectivity index (χ4n) is 1.34. The van der Waals surface area contributed by atoms with Gasteiger partial charge in [-0.3, -0.25) is 9.20 Å². The van der Waals surface area contributed by atoms with Crippen molar-refractivity contribution in [2.45, 2.75) is 20.8 Å². The number of fused-ring (bicyclic) bond motifs is 1. The standard InChI is InChI=1S/C12H14BrN3O/c1-12(2,3)11(17)15-8-4-5-10-14-6-9(13)16(10)7-8/h4-7H,1-3H3,(H,15,17). The van der Waals surface area contributed by atoms with Crippen LogP contribution in [0.3, 0.4) is 0 Å². The van der Waals surface area contributed by atoms with Crippen molar-refractivity contribution in [3.8, 4) is 0 Å². The second-order valence-corrected chi connectivity index (χ2v) is 5.74. The average Bonchev–Trinajstić information content (AvgIpc) is 2.59. The van der Waals surface area contributed by atoms with E-state index in [4.69, 9.17) is 0 Å². The largest absolute Gasteiger partial charge is 0.324 e. The molecule has 0 radical (unpaired) electrons. The number of nitrogens with zero attached hydrogens (tertiary/aromatic N) is 2. The van der Waals surface area contributed by atoms with Crippen LogP contribution in [-0.4, -0.2) is 15.3 Å². The van der Waals surface area contributed by atoms with Crippen molar-refractivity contribution >= 4 is 33.2 Å². The highest BCUT2D eigenvalue weighted by Gasteiger charge is 2.21. The highest BCUT2D eigenvalue weighted by Crippen LogP contribution is 2.20. The summed E-state index contributed by atoms with van der Waals surface area (Å²) in [6.07, 6.45) is 3.57. The van der Waals surface area contributed by atoms with Gasteiger partial charge in [-0.1, -0.05) is 20.8 Å². The molecule has 0 atom stereocenters. The second kappa shape index (κ2) is 4.14. The Morgan fingerprint density at radius 2 is 2.12 bits per heavy atom. The number of carbonyl (C=O) groups is 1. The Bertz CT molecular complexity index is 569. The third kappa shape index (κ3) is 2.49. The van der Waals surface area contributed by atoms with Crippen LogP contribution in [0.5, 0.6) is 0 Å². The monoisotopic (exact) mass is 295 g/mol. The van der Waals surface area contributed by atoms with Gasteiger partial charge in [-0.25, -0.2) is 4.98 Å². The van der Waals surface area contributed by atoms with Gasteiger partial charge in [0.15, 0.2) is 0 Å². The quantitative estimate of drug-likeness (QED) is 0.879. The predicted octanol–water partition coefficient (Wildman–Crippen LogP) is 3.08. The molecule has 0 spiro atoms. The Morgan fingerprint density at radius 1 is 1.41 bits per heavy atom. The van der Waals surface area contributed by atoms with Crippen molar-refractivity contribution in [2.75, 3.05) is 5.32 Å². The zero-order chi connectivity index (χ0) is 12.6. The molecule has 0 saturated heterocycles. The summed E-state index contributed by atoms with van der Waals surface area (Å²) in [7, 11) is 0. The highest BCUT2D eigenvalue weighted by atomic mass is 79.9. The molecular formula is C12H14BrN3O. The van der Waals surface area contributed by atoms with Crippen LogP contribution in [0.4, 0.5) is 5.69 Å². The lowest BCUT2D eigenvalue weighted by Gasteiger charge is -2.17. The normalized spacial score (nSPS) is 11.8. The van der Waals surface area contributed by atoms with E-state index in [1.807, 2.05) is 43.5 Å². The summed E-state index contributed by atoms with van der Waals surface area (Å²) in [6.45, 7) is 5.65. The maximum atomic E-state index is 11.8. The van der Waals surface area contributed by atoms with Gasteiger partial charge in [0.05, 0.1) is 11.9 Å². The van der Waals surface area contributed by atoms with E-state index >= 15 is 0 Å². The fourth-order valence-corrected chi connectivity index (χ4v) is 1.73. The number of pyridine rings is 1. The molecule has 4 nitrogen and oxygen atoms in total. The van der Waals surface area contributed by atoms with E-state index in [0.29, 0.717) is 0 Å². The lowest BCUT2D eigenvalue weighted by atomic mass is 9.96. The van der Waals surface area contributed by atoms with Gasteiger partial charge < -0.3 is 5.32 Å². The fraction of sp³-hybridized carbons (Fsp3) is 0.333. The number of amides is 1. The van der Waals surface area contributed by atoms with E-state index in [9.17, 15) is 4.79 Å². The van der Waals surface area contributed by atoms with Crippen molar-refractivity contribution in [1.29, 1.82) is 0 Å². The number of imidazole rings is 1. The first kappa shape index (κ1) is 12.1. The topological polar surface area (TPSA) is 46.4 Å². The van der Waals surface area contributed by atoms with Gasteiger partial charge in [-0.15, -0.1) is 0 Å². The Labute approximate surface area is 108 Å². The van der Waals surface area contributed by atoms with E-state index in [1.165, 1.54) is 0 Å². The summed E-state index contributed by atoms with van der Waals surface area (Å²) >= 11 is 3.39. The summed E-state index contributed by atoms with van der Waals surface area (Å²) in [5, 5.41) is 2.88. The van der Waals surface area contributed by atoms with Gasteiger partial charge in [-0.05, 0) is 28.1 Å². The molecule has 1 amide bonds. The summed E-state index contributed by atoms with van der Waals surface area (Å²) < 4.78 is 2.73. The predicted molar refractivity (Wildman–Crippen MR) is 71.0 cm³/mol. The van der Waals surface area contributed by atoms with Crippen LogP contribution in [0.1, 0.15) is 20.8 Å². The molecular weight excluding hydrogens is 282 g/mol. The summed E-state index contributed by atoms with van der Waals surface area (Å²) in [5.74, 6) is -0.00640. The molecule has 2 aromatic heterocycles. The van der Waals surface area contributed by atoms with Crippen LogP contribution in [0, 0.1) is 5.41 Å². The number of nitrogens with one attached hydrogen (secondary N) is 1. The molecule has 5 heteroatoms. The van der Waals surface area contributed by atoms with E-state index in [0.717, 1.165) is 15.9 Å². The summed E-state index contributed by atoms with van der Waals surface area (Å²) in [6, 6.07) is 3.71. The molecule has 0 unspecified atom stereocenters. The second-order valence-electron chi connectivity index (χ2n) is 4.93. The third-order valence-corrected chi connectivity index (χ3v) is 2.99. The van der Waals surface area contributed by atoms with Gasteiger partial charge in [-0.2, -0.15) is 0 Å². The van der Waals surface area contributed by atoms with Crippen molar-refractivity contribution in [3.63, 3.8) is 0 Å². The highest BCUT2D eigenvalue weighted by molar-refractivity contribution is 9.10. The molecule has 0 fully saturated rings. The van der Waals surface area contributed by atoms with Gasteiger partial charge in [0.1, 0.15) is 10.3 Å². The molecule has 0 aliphatic carbocycles. The third-order valence-electron chi connectivity index (χ3n) is 2.40. The number of anilines is 1. The van der Waals surface area contributed by atoms with E-state index in [2.05, 4.69) is 26.2 Å². The first-order valence-electron chi connectivity index (χ1n) is 5.32. The van der Waals surface area contributed by atoms with E-state index in [1.54, 1.807) is 6.20 Å². The molecule has 0 aliphatic heterocycles. The Hall–Kier alpha value is -1.36. The van der Waals surface area contributed by atoms with Crippen molar-refractivity contribution in [1.82, 2.24) is 9.38 Å². The number of carbonyl (C=O) groups excluding carboxylic acids is 1. The molecule has 0 bridgehead atoms. The minimum Gasteiger partial charge on any atom is -0.324 e. The lowest BCUT2D eigenvalue weighted by molar-refractivity contribution is -0.123. The van der Waals surface area contributed by atoms with E-state index < -0.39 is 5.41 Å². The van der Waals surface area contributed by atoms with Crippen molar-refractivity contribution < 1.29 is 4.79 Å². The van der Waals surface area contributed by atoms with Crippen molar-refractivity contribution in [2.24, 2.45) is 5.41 Å². The molecule has 2 rings (SSSR count). The Balaban J connectivity index is 2.31. The number of aromatic nitrogens is 2. The summed E-state index contributed by atoms with van der Waals surface area (Å²) in [4.78, 5) is 16.0.